The van der Waals surface area contributed by atoms with Crippen molar-refractivity contribution in [2.75, 3.05) is 24.7 Å². The van der Waals surface area contributed by atoms with Gasteiger partial charge in [-0.1, -0.05) is 24.5 Å². The molecule has 0 bridgehead atoms. The van der Waals surface area contributed by atoms with Crippen LogP contribution in [-0.2, 0) is 36.7 Å². The van der Waals surface area contributed by atoms with E-state index in [1.165, 1.54) is 28.1 Å². The van der Waals surface area contributed by atoms with Crippen LogP contribution in [0.1, 0.15) is 12.5 Å². The summed E-state index contributed by atoms with van der Waals surface area (Å²) >= 11 is 8.12. The summed E-state index contributed by atoms with van der Waals surface area (Å²) in [7, 11) is 0. The van der Waals surface area contributed by atoms with Gasteiger partial charge in [0.15, 0.2) is 35.1 Å². The number of fused-ring (bicyclic) bond motifs is 4. The molecule has 0 radical (unpaired) electrons. The van der Waals surface area contributed by atoms with Gasteiger partial charge in [0.1, 0.15) is 48.5 Å². The number of imidazole rings is 2. The number of aromatic nitrogens is 8. The zero-order chi connectivity index (χ0) is 31.8. The number of nitrogens with two attached hydrogens (primary N) is 2. The van der Waals surface area contributed by atoms with Crippen molar-refractivity contribution >= 4 is 72.2 Å². The van der Waals surface area contributed by atoms with Crippen LogP contribution in [0.5, 0.6) is 0 Å². The van der Waals surface area contributed by atoms with Gasteiger partial charge in [0.25, 0.3) is 5.56 Å². The average Bonchev–Trinajstić information content (AvgIpc) is 3.72. The molecule has 4 aromatic rings. The molecule has 0 aromatic carbocycles. The zero-order valence-corrected chi connectivity index (χ0v) is 26.0. The van der Waals surface area contributed by atoms with Gasteiger partial charge in [-0.05, 0) is 0 Å². The van der Waals surface area contributed by atoms with Crippen molar-refractivity contribution in [2.24, 2.45) is 0 Å². The van der Waals surface area contributed by atoms with Gasteiger partial charge in [-0.15, -0.1) is 0 Å². The molecule has 45 heavy (non-hydrogen) atoms. The van der Waals surface area contributed by atoms with Crippen molar-refractivity contribution < 1.29 is 46.9 Å². The lowest BCUT2D eigenvalue weighted by atomic mass is 10.1. The molecule has 3 fully saturated rings. The van der Waals surface area contributed by atoms with E-state index in [1.54, 1.807) is 0 Å². The molecule has 3 aliphatic heterocycles. The second-order valence-electron chi connectivity index (χ2n) is 10.1. The molecule has 3 saturated heterocycles. The summed E-state index contributed by atoms with van der Waals surface area (Å²) in [6.07, 6.45) is -7.35. The van der Waals surface area contributed by atoms with Gasteiger partial charge in [0, 0.05) is 0 Å². The maximum Gasteiger partial charge on any atom is 0.386 e. The number of nitrogens with one attached hydrogen (secondary N) is 1. The van der Waals surface area contributed by atoms with Gasteiger partial charge in [0.2, 0.25) is 5.95 Å². The van der Waals surface area contributed by atoms with Crippen molar-refractivity contribution in [3.05, 3.63) is 29.3 Å². The Hall–Kier alpha value is -2.66. The number of aliphatic hydroxyl groups is 2. The second kappa shape index (κ2) is 11.2. The van der Waals surface area contributed by atoms with E-state index in [4.69, 9.17) is 39.0 Å². The van der Waals surface area contributed by atoms with Crippen molar-refractivity contribution in [3.8, 4) is 0 Å². The van der Waals surface area contributed by atoms with E-state index in [-0.39, 0.29) is 34.1 Å². The number of rotatable bonds is 2. The molecule has 25 heteroatoms. The minimum atomic E-state index is -4.32. The highest BCUT2D eigenvalue weighted by Crippen LogP contribution is 2.60. The Morgan fingerprint density at radius 2 is 1.38 bits per heavy atom. The third-order valence-corrected chi connectivity index (χ3v) is 10.5. The van der Waals surface area contributed by atoms with Crippen LogP contribution in [0.15, 0.2) is 23.8 Å². The summed E-state index contributed by atoms with van der Waals surface area (Å²) < 4.78 is 63.5. The zero-order valence-electron chi connectivity index (χ0n) is 22.4. The quantitative estimate of drug-likeness (QED) is 0.102. The standard InChI is InChI=1S/C20H24N10O11P2S2/c21-14-8-15(24-3-23-14)29(4-25-8)18-10(31)12-6(38-18)1-36-43(35,45)41-13-7(2-37-42(34,44)40-12)39-19(11(13)32)30-5-26-9-16(30)27-20(22)28-17(9)33/h3-7,10-13,18-19,31-32H,1-2H2,(H,34,44)(H,35,45)(H2,21,23,24)(H3,22,27,28,33)/t6?,7-,10-,11-,12-,13-,18-,19-,42-,43-/m1/s1. The molecular weight excluding hydrogens is 682 g/mol. The Morgan fingerprint density at radius 1 is 0.844 bits per heavy atom. The molecule has 0 amide bonds. The third-order valence-electron chi connectivity index (χ3n) is 7.32. The summed E-state index contributed by atoms with van der Waals surface area (Å²) in [6, 6.07) is 0. The number of ether oxygens (including phenoxy) is 2. The van der Waals surface area contributed by atoms with E-state index in [2.05, 4.69) is 54.4 Å². The molecule has 7 rings (SSSR count). The first-order valence-corrected chi connectivity index (χ1v) is 18.3. The summed E-state index contributed by atoms with van der Waals surface area (Å²) in [5.74, 6) is -0.128. The maximum atomic E-state index is 13.4. The van der Waals surface area contributed by atoms with E-state index >= 15 is 0 Å². The molecule has 21 nitrogen and oxygen atoms in total. The van der Waals surface area contributed by atoms with Crippen LogP contribution in [0.2, 0.25) is 0 Å². The molecule has 0 aliphatic carbocycles. The number of nitrogens with zero attached hydrogens (tertiary/aromatic N) is 7. The molecule has 4 aromatic heterocycles. The van der Waals surface area contributed by atoms with Crippen molar-refractivity contribution in [1.29, 1.82) is 0 Å². The molecule has 3 aliphatic rings. The van der Waals surface area contributed by atoms with E-state index in [1.807, 2.05) is 0 Å². The Bertz CT molecular complexity index is 1940. The summed E-state index contributed by atoms with van der Waals surface area (Å²) in [5, 5.41) is 22.5. The summed E-state index contributed by atoms with van der Waals surface area (Å²) in [4.78, 5) is 34.8. The third kappa shape index (κ3) is 5.55. The maximum absolute atomic E-state index is 13.4. The summed E-state index contributed by atoms with van der Waals surface area (Å²) in [6.45, 7) is -9.78. The minimum Gasteiger partial charge on any atom is -0.386 e. The van der Waals surface area contributed by atoms with Crippen LogP contribution in [0.3, 0.4) is 0 Å². The average molecular weight is 707 g/mol. The molecule has 7 heterocycles. The minimum absolute atomic E-state index is 0.0274. The van der Waals surface area contributed by atoms with Crippen molar-refractivity contribution in [3.63, 3.8) is 0 Å². The van der Waals surface area contributed by atoms with Crippen LogP contribution in [-0.4, -0.2) is 99.1 Å². The fourth-order valence-corrected chi connectivity index (χ4v) is 8.30. The topological polar surface area (TPSA) is 289 Å². The molecule has 0 saturated carbocycles. The first-order chi connectivity index (χ1) is 21.3. The van der Waals surface area contributed by atoms with E-state index in [0.717, 1.165) is 0 Å². The number of aliphatic hydroxyl groups excluding tert-OH is 2. The first kappa shape index (κ1) is 31.0. The predicted molar refractivity (Wildman–Crippen MR) is 157 cm³/mol. The van der Waals surface area contributed by atoms with Crippen LogP contribution in [0.25, 0.3) is 22.3 Å². The van der Waals surface area contributed by atoms with E-state index in [9.17, 15) is 24.1 Å². The highest BCUT2D eigenvalue weighted by molar-refractivity contribution is 8.44. The van der Waals surface area contributed by atoms with Gasteiger partial charge < -0.3 is 31.2 Å². The summed E-state index contributed by atoms with van der Waals surface area (Å²) in [5.41, 5.74) is 11.2. The lowest BCUT2D eigenvalue weighted by Crippen LogP contribution is -2.38. The lowest BCUT2D eigenvalue weighted by molar-refractivity contribution is -0.0561. The normalized spacial score (nSPS) is 37.7. The van der Waals surface area contributed by atoms with E-state index in [0.29, 0.717) is 0 Å². The fourth-order valence-electron chi connectivity index (χ4n) is 5.32. The van der Waals surface area contributed by atoms with Crippen LogP contribution in [0.4, 0.5) is 11.8 Å². The molecule has 1 unspecified atom stereocenters. The van der Waals surface area contributed by atoms with Gasteiger partial charge >= 0.3 is 13.6 Å². The van der Waals surface area contributed by atoms with Crippen LogP contribution < -0.4 is 17.0 Å². The number of H-pyrrole nitrogens is 1. The monoisotopic (exact) mass is 706 g/mol. The Balaban J connectivity index is 1.17. The number of hydrogen-bond donors (Lipinski definition) is 7. The number of hydrogen-bond acceptors (Lipinski definition) is 18. The molecule has 7 N–H and O–H groups in total. The van der Waals surface area contributed by atoms with Crippen molar-refractivity contribution in [1.82, 2.24) is 39.0 Å². The van der Waals surface area contributed by atoms with Gasteiger partial charge in [-0.25, -0.2) is 29.1 Å². The Morgan fingerprint density at radius 3 is 1.96 bits per heavy atom. The molecular formula is C20H24N10O11P2S2. The Kier molecular flexibility index (Phi) is 7.74. The highest BCUT2D eigenvalue weighted by Gasteiger charge is 2.53. The number of aromatic amines is 1. The van der Waals surface area contributed by atoms with E-state index < -0.39 is 81.4 Å². The molecule has 10 atom stereocenters. The smallest absolute Gasteiger partial charge is 0.386 e. The van der Waals surface area contributed by atoms with Crippen LogP contribution in [0, 0.1) is 0 Å². The number of anilines is 2. The van der Waals surface area contributed by atoms with Crippen LogP contribution >= 0.6 is 38.1 Å². The predicted octanol–water partition coefficient (Wildman–Crippen LogP) is -0.467. The van der Waals surface area contributed by atoms with Crippen molar-refractivity contribution in [2.45, 2.75) is 49.1 Å². The fraction of sp³-hybridized carbons (Fsp3) is 0.500. The molecule has 0 spiro atoms. The van der Waals surface area contributed by atoms with Gasteiger partial charge in [-0.2, -0.15) is 4.98 Å². The molecule has 242 valence electrons. The lowest BCUT2D eigenvalue weighted by Gasteiger charge is -2.28. The SMILES string of the molecule is Nc1nc2c(ncn2[C@@H]2O[C@@H]3CO[P@@](=O)(S)O[C@@H]4C(CO[P@@](=O)(S)O[C@H]3[C@H]2O)O[C@@H](n2cnc3c(N)ncnc32)[C@@H]4O)c(=O)[nH]1. The second-order valence-corrected chi connectivity index (χ2v) is 15.9. The first-order valence-electron chi connectivity index (χ1n) is 13.0. The van der Waals surface area contributed by atoms with Gasteiger partial charge in [-0.3, -0.25) is 37.0 Å². The number of nitrogen functional groups attached to an aromatic ring is 2. The highest BCUT2D eigenvalue weighted by atomic mass is 32.7. The largest absolute Gasteiger partial charge is 0.386 e. The van der Waals surface area contributed by atoms with Gasteiger partial charge in [0.05, 0.1) is 25.9 Å². The Labute approximate surface area is 260 Å². The number of thiol groups is 2.